The predicted molar refractivity (Wildman–Crippen MR) is 137 cm³/mol. The first-order chi connectivity index (χ1) is 17.0. The van der Waals surface area contributed by atoms with Crippen LogP contribution in [-0.2, 0) is 14.4 Å². The molecule has 0 unspecified atom stereocenters. The van der Waals surface area contributed by atoms with Crippen LogP contribution in [0.2, 0.25) is 5.02 Å². The molecule has 3 amide bonds. The molecule has 8 nitrogen and oxygen atoms in total. The van der Waals surface area contributed by atoms with Crippen LogP contribution in [-0.4, -0.2) is 72.3 Å². The molecular formula is C26H30ClN5O3. The molecule has 2 aliphatic heterocycles. The number of nitrogens with zero attached hydrogens (tertiary/aromatic N) is 3. The molecular weight excluding hydrogens is 466 g/mol. The number of halogens is 1. The lowest BCUT2D eigenvalue weighted by Gasteiger charge is -2.45. The van der Waals surface area contributed by atoms with Gasteiger partial charge in [-0.3, -0.25) is 29.1 Å². The highest BCUT2D eigenvalue weighted by Gasteiger charge is 2.52. The second-order valence-corrected chi connectivity index (χ2v) is 9.93. The van der Waals surface area contributed by atoms with E-state index >= 15 is 0 Å². The third-order valence-corrected chi connectivity index (χ3v) is 7.59. The van der Waals surface area contributed by atoms with Crippen molar-refractivity contribution in [3.8, 4) is 0 Å². The quantitative estimate of drug-likeness (QED) is 0.665. The molecule has 0 radical (unpaired) electrons. The fourth-order valence-electron chi connectivity index (χ4n) is 5.45. The van der Waals surface area contributed by atoms with Crippen molar-refractivity contribution in [2.24, 2.45) is 0 Å². The maximum atomic E-state index is 13.6. The van der Waals surface area contributed by atoms with Gasteiger partial charge in [-0.15, -0.1) is 0 Å². The van der Waals surface area contributed by atoms with E-state index in [0.29, 0.717) is 55.4 Å². The molecule has 1 spiro atoms. The molecule has 2 aromatic rings. The van der Waals surface area contributed by atoms with Gasteiger partial charge in [0.15, 0.2) is 0 Å². The number of carbonyl (C=O) groups is 3. The Balaban J connectivity index is 1.20. The molecule has 0 atom stereocenters. The van der Waals surface area contributed by atoms with Crippen LogP contribution in [0, 0.1) is 0 Å². The van der Waals surface area contributed by atoms with Crippen LogP contribution in [0.4, 0.5) is 17.1 Å². The smallest absolute Gasteiger partial charge is 0.250 e. The van der Waals surface area contributed by atoms with Crippen LogP contribution < -0.4 is 15.5 Å². The second kappa shape index (κ2) is 9.97. The number of anilines is 3. The first-order valence-electron chi connectivity index (χ1n) is 12.2. The zero-order chi connectivity index (χ0) is 24.4. The summed E-state index contributed by atoms with van der Waals surface area (Å²) >= 11 is 6.13. The third kappa shape index (κ3) is 4.78. The number of hydrogen-bond acceptors (Lipinski definition) is 5. The van der Waals surface area contributed by atoms with Crippen molar-refractivity contribution in [1.29, 1.82) is 0 Å². The Morgan fingerprint density at radius 1 is 0.914 bits per heavy atom. The normalized spacial score (nSPS) is 19.9. The lowest BCUT2D eigenvalue weighted by molar-refractivity contribution is -0.128. The zero-order valence-corrected chi connectivity index (χ0v) is 20.4. The zero-order valence-electron chi connectivity index (χ0n) is 19.6. The third-order valence-electron chi connectivity index (χ3n) is 7.26. The molecule has 5 rings (SSSR count). The van der Waals surface area contributed by atoms with Crippen molar-refractivity contribution in [1.82, 2.24) is 9.80 Å². The highest BCUT2D eigenvalue weighted by molar-refractivity contribution is 6.33. The molecule has 35 heavy (non-hydrogen) atoms. The number of piperazine rings is 1. The Morgan fingerprint density at radius 3 is 2.26 bits per heavy atom. The summed E-state index contributed by atoms with van der Waals surface area (Å²) in [7, 11) is 0. The van der Waals surface area contributed by atoms with Gasteiger partial charge in [-0.1, -0.05) is 48.7 Å². The van der Waals surface area contributed by atoms with Crippen molar-refractivity contribution in [3.05, 3.63) is 53.6 Å². The molecule has 2 fully saturated rings. The summed E-state index contributed by atoms with van der Waals surface area (Å²) in [6.45, 7) is 3.26. The van der Waals surface area contributed by atoms with Crippen molar-refractivity contribution in [2.75, 3.05) is 54.8 Å². The number of rotatable bonds is 5. The van der Waals surface area contributed by atoms with E-state index in [4.69, 9.17) is 11.6 Å². The van der Waals surface area contributed by atoms with Crippen molar-refractivity contribution in [3.63, 3.8) is 0 Å². The van der Waals surface area contributed by atoms with Gasteiger partial charge >= 0.3 is 0 Å². The summed E-state index contributed by atoms with van der Waals surface area (Å²) in [5, 5.41) is 6.40. The Labute approximate surface area is 210 Å². The summed E-state index contributed by atoms with van der Waals surface area (Å²) < 4.78 is 0. The van der Waals surface area contributed by atoms with Gasteiger partial charge in [-0.05, 0) is 37.1 Å². The van der Waals surface area contributed by atoms with Crippen LogP contribution in [0.3, 0.4) is 0 Å². The Bertz CT molecular complexity index is 1130. The SMILES string of the molecule is O=C(CN1CCN(CC(=O)N2c3ccccc3NC(=O)C23CCCC3)CC1)Nc1ccccc1Cl. The minimum absolute atomic E-state index is 0.0425. The number of amides is 3. The highest BCUT2D eigenvalue weighted by atomic mass is 35.5. The topological polar surface area (TPSA) is 85.0 Å². The van der Waals surface area contributed by atoms with Crippen LogP contribution in [0.1, 0.15) is 25.7 Å². The van der Waals surface area contributed by atoms with E-state index in [1.807, 2.05) is 36.4 Å². The fourth-order valence-corrected chi connectivity index (χ4v) is 5.63. The maximum Gasteiger partial charge on any atom is 0.250 e. The van der Waals surface area contributed by atoms with Gasteiger partial charge in [-0.25, -0.2) is 0 Å². The Kier molecular flexibility index (Phi) is 6.77. The monoisotopic (exact) mass is 495 g/mol. The van der Waals surface area contributed by atoms with E-state index in [1.165, 1.54) is 0 Å². The number of hydrogen-bond donors (Lipinski definition) is 2. The van der Waals surface area contributed by atoms with Crippen LogP contribution in [0.25, 0.3) is 0 Å². The summed E-state index contributed by atoms with van der Waals surface area (Å²) in [5.74, 6) is -0.225. The summed E-state index contributed by atoms with van der Waals surface area (Å²) in [5.41, 5.74) is 1.30. The van der Waals surface area contributed by atoms with Gasteiger partial charge in [0.2, 0.25) is 11.8 Å². The van der Waals surface area contributed by atoms with Crippen molar-refractivity contribution < 1.29 is 14.4 Å². The Hall–Kier alpha value is -2.94. The minimum atomic E-state index is -0.788. The van der Waals surface area contributed by atoms with E-state index in [2.05, 4.69) is 20.4 Å². The van der Waals surface area contributed by atoms with E-state index in [1.54, 1.807) is 17.0 Å². The van der Waals surface area contributed by atoms with E-state index in [-0.39, 0.29) is 30.8 Å². The van der Waals surface area contributed by atoms with Crippen molar-refractivity contribution >= 4 is 46.4 Å². The molecule has 2 aromatic carbocycles. The van der Waals surface area contributed by atoms with Gasteiger partial charge in [0.1, 0.15) is 5.54 Å². The molecule has 3 aliphatic rings. The molecule has 0 bridgehead atoms. The van der Waals surface area contributed by atoms with Crippen molar-refractivity contribution in [2.45, 2.75) is 31.2 Å². The number of fused-ring (bicyclic) bond motifs is 1. The molecule has 1 aliphatic carbocycles. The van der Waals surface area contributed by atoms with Crippen LogP contribution >= 0.6 is 11.6 Å². The van der Waals surface area contributed by atoms with Gasteiger partial charge in [0.05, 0.1) is 35.2 Å². The lowest BCUT2D eigenvalue weighted by Crippen LogP contribution is -2.62. The fraction of sp³-hybridized carbons (Fsp3) is 0.423. The molecule has 1 saturated heterocycles. The summed E-state index contributed by atoms with van der Waals surface area (Å²) in [4.78, 5) is 45.2. The molecule has 1 saturated carbocycles. The van der Waals surface area contributed by atoms with E-state index in [9.17, 15) is 14.4 Å². The minimum Gasteiger partial charge on any atom is -0.324 e. The van der Waals surface area contributed by atoms with Gasteiger partial charge in [0.25, 0.3) is 5.91 Å². The lowest BCUT2D eigenvalue weighted by atomic mass is 9.89. The van der Waals surface area contributed by atoms with E-state index in [0.717, 1.165) is 18.5 Å². The maximum absolute atomic E-state index is 13.6. The first-order valence-corrected chi connectivity index (χ1v) is 12.6. The standard InChI is InChI=1S/C26H30ClN5O3/c27-19-7-1-2-8-20(19)28-23(33)17-30-13-15-31(16-14-30)18-24(34)32-22-10-4-3-9-21(22)29-25(35)26(32)11-5-6-12-26/h1-4,7-10H,5-6,11-18H2,(H,28,33)(H,29,35). The molecule has 0 aromatic heterocycles. The second-order valence-electron chi connectivity index (χ2n) is 9.52. The molecule has 2 N–H and O–H groups in total. The summed E-state index contributed by atoms with van der Waals surface area (Å²) in [6, 6.07) is 14.7. The first kappa shape index (κ1) is 23.8. The van der Waals surface area contributed by atoms with Gasteiger partial charge in [-0.2, -0.15) is 0 Å². The number of carbonyl (C=O) groups excluding carboxylic acids is 3. The average molecular weight is 496 g/mol. The van der Waals surface area contributed by atoms with Crippen LogP contribution in [0.15, 0.2) is 48.5 Å². The Morgan fingerprint density at radius 2 is 1.54 bits per heavy atom. The predicted octanol–water partition coefficient (Wildman–Crippen LogP) is 3.19. The highest BCUT2D eigenvalue weighted by Crippen LogP contribution is 2.45. The number of para-hydroxylation sites is 3. The number of nitrogens with one attached hydrogen (secondary N) is 2. The summed E-state index contributed by atoms with van der Waals surface area (Å²) in [6.07, 6.45) is 3.25. The molecule has 9 heteroatoms. The largest absolute Gasteiger partial charge is 0.324 e. The molecule has 2 heterocycles. The van der Waals surface area contributed by atoms with E-state index < -0.39 is 5.54 Å². The molecule has 184 valence electrons. The number of benzene rings is 2. The van der Waals surface area contributed by atoms with Gasteiger partial charge < -0.3 is 10.6 Å². The van der Waals surface area contributed by atoms with Crippen LogP contribution in [0.5, 0.6) is 0 Å². The van der Waals surface area contributed by atoms with Gasteiger partial charge in [0, 0.05) is 26.2 Å². The average Bonchev–Trinajstić information content (AvgIpc) is 3.33.